The molecule has 0 spiro atoms. The lowest BCUT2D eigenvalue weighted by molar-refractivity contribution is 0.0213. The predicted octanol–water partition coefficient (Wildman–Crippen LogP) is 3.46. The third-order valence-corrected chi connectivity index (χ3v) is 4.91. The van der Waals surface area contributed by atoms with Crippen LogP contribution in [0.3, 0.4) is 0 Å². The maximum atomic E-state index is 5.93. The summed E-state index contributed by atoms with van der Waals surface area (Å²) in [5.41, 5.74) is 0. The highest BCUT2D eigenvalue weighted by Crippen LogP contribution is 2.37. The Hall–Kier alpha value is 0.1000. The van der Waals surface area contributed by atoms with Gasteiger partial charge in [0.05, 0.1) is 9.89 Å². The summed E-state index contributed by atoms with van der Waals surface area (Å²) in [6, 6.07) is 4.77. The Bertz CT molecular complexity index is 351. The lowest BCUT2D eigenvalue weighted by Gasteiger charge is -2.26. The number of thiophene rings is 1. The van der Waals surface area contributed by atoms with Crippen molar-refractivity contribution < 1.29 is 4.74 Å². The highest BCUT2D eigenvalue weighted by Gasteiger charge is 2.36. The molecule has 0 saturated heterocycles. The van der Waals surface area contributed by atoms with E-state index >= 15 is 0 Å². The third kappa shape index (κ3) is 3.78. The molecular formula is C13H20BrNOS. The molecule has 4 heteroatoms. The summed E-state index contributed by atoms with van der Waals surface area (Å²) in [5.74, 6) is 0.774. The molecule has 0 aliphatic heterocycles. The first-order valence-electron chi connectivity index (χ1n) is 6.27. The van der Waals surface area contributed by atoms with Gasteiger partial charge in [0.25, 0.3) is 0 Å². The largest absolute Gasteiger partial charge is 0.377 e. The van der Waals surface area contributed by atoms with Crippen LogP contribution in [0.25, 0.3) is 0 Å². The van der Waals surface area contributed by atoms with Crippen LogP contribution in [-0.4, -0.2) is 25.8 Å². The third-order valence-electron chi connectivity index (χ3n) is 3.26. The molecular weight excluding hydrogens is 298 g/mol. The van der Waals surface area contributed by atoms with E-state index in [1.165, 1.54) is 21.5 Å². The Morgan fingerprint density at radius 1 is 1.53 bits per heavy atom. The number of nitrogens with one attached hydrogen (secondary N) is 1. The minimum Gasteiger partial charge on any atom is -0.377 e. The Kier molecular flexibility index (Phi) is 5.03. The van der Waals surface area contributed by atoms with Crippen molar-refractivity contribution in [1.29, 1.82) is 0 Å². The number of halogens is 1. The number of rotatable bonds is 7. The second kappa shape index (κ2) is 6.32. The van der Waals surface area contributed by atoms with Gasteiger partial charge in [-0.3, -0.25) is 0 Å². The van der Waals surface area contributed by atoms with Crippen molar-refractivity contribution in [2.75, 3.05) is 13.7 Å². The van der Waals surface area contributed by atoms with Crippen molar-refractivity contribution in [1.82, 2.24) is 5.32 Å². The maximum absolute atomic E-state index is 5.93. The zero-order valence-electron chi connectivity index (χ0n) is 10.4. The van der Waals surface area contributed by atoms with Gasteiger partial charge < -0.3 is 10.1 Å². The molecule has 1 aromatic rings. The lowest BCUT2D eigenvalue weighted by atomic mass is 10.0. The molecule has 2 nitrogen and oxygen atoms in total. The molecule has 1 heterocycles. The quantitative estimate of drug-likeness (QED) is 0.831. The summed E-state index contributed by atoms with van der Waals surface area (Å²) in [6.07, 6.45) is 4.10. The van der Waals surface area contributed by atoms with Crippen LogP contribution < -0.4 is 5.32 Å². The number of likely N-dealkylation sites (N-methyl/N-ethyl adjacent to an activating group) is 1. The fraction of sp³-hybridized carbons (Fsp3) is 0.692. The van der Waals surface area contributed by atoms with Crippen molar-refractivity contribution in [3.05, 3.63) is 20.8 Å². The molecule has 0 radical (unpaired) electrons. The van der Waals surface area contributed by atoms with E-state index in [0.717, 1.165) is 18.9 Å². The second-order valence-corrected chi connectivity index (χ2v) is 7.11. The van der Waals surface area contributed by atoms with Crippen LogP contribution in [-0.2, 0) is 11.2 Å². The molecule has 0 bridgehead atoms. The Morgan fingerprint density at radius 3 is 2.76 bits per heavy atom. The zero-order valence-corrected chi connectivity index (χ0v) is 12.8. The maximum Gasteiger partial charge on any atom is 0.0759 e. The standard InChI is InChI=1S/C13H20BrNOS/c1-3-16-13(9-4-5-9)11(15-2)8-10-6-7-12(14)17-10/h6-7,9,11,13,15H,3-5,8H2,1-2H3. The molecule has 96 valence electrons. The molecule has 1 aromatic heterocycles. The van der Waals surface area contributed by atoms with Crippen LogP contribution in [0.2, 0.25) is 0 Å². The highest BCUT2D eigenvalue weighted by molar-refractivity contribution is 9.11. The predicted molar refractivity (Wildman–Crippen MR) is 76.7 cm³/mol. The van der Waals surface area contributed by atoms with Gasteiger partial charge in [0.15, 0.2) is 0 Å². The van der Waals surface area contributed by atoms with Gasteiger partial charge in [-0.1, -0.05) is 0 Å². The van der Waals surface area contributed by atoms with Gasteiger partial charge in [0.2, 0.25) is 0 Å². The fourth-order valence-electron chi connectivity index (χ4n) is 2.26. The van der Waals surface area contributed by atoms with Gasteiger partial charge in [-0.2, -0.15) is 0 Å². The van der Waals surface area contributed by atoms with Crippen molar-refractivity contribution in [2.45, 2.75) is 38.3 Å². The minimum atomic E-state index is 0.380. The monoisotopic (exact) mass is 317 g/mol. The summed E-state index contributed by atoms with van der Waals surface area (Å²) in [6.45, 7) is 2.90. The van der Waals surface area contributed by atoms with Gasteiger partial charge >= 0.3 is 0 Å². The molecule has 0 amide bonds. The van der Waals surface area contributed by atoms with E-state index in [1.807, 2.05) is 18.4 Å². The summed E-state index contributed by atoms with van der Waals surface area (Å²) in [5, 5.41) is 3.43. The number of hydrogen-bond acceptors (Lipinski definition) is 3. The van der Waals surface area contributed by atoms with Gasteiger partial charge in [-0.25, -0.2) is 0 Å². The van der Waals surface area contributed by atoms with E-state index in [0.29, 0.717) is 12.1 Å². The first kappa shape index (κ1) is 13.5. The summed E-state index contributed by atoms with van der Waals surface area (Å²) >= 11 is 5.34. The van der Waals surface area contributed by atoms with Crippen LogP contribution in [0.1, 0.15) is 24.6 Å². The molecule has 2 unspecified atom stereocenters. The molecule has 2 rings (SSSR count). The number of hydrogen-bond donors (Lipinski definition) is 1. The molecule has 1 fully saturated rings. The number of ether oxygens (including phenoxy) is 1. The Labute approximate surface area is 116 Å². The summed E-state index contributed by atoms with van der Waals surface area (Å²) < 4.78 is 7.14. The zero-order chi connectivity index (χ0) is 12.3. The molecule has 1 aliphatic carbocycles. The van der Waals surface area contributed by atoms with Crippen molar-refractivity contribution in [3.8, 4) is 0 Å². The van der Waals surface area contributed by atoms with Gasteiger partial charge in [-0.05, 0) is 67.2 Å². The van der Waals surface area contributed by atoms with E-state index in [9.17, 15) is 0 Å². The average Bonchev–Trinajstić information content (AvgIpc) is 3.07. The van der Waals surface area contributed by atoms with Crippen LogP contribution in [0, 0.1) is 5.92 Å². The normalized spacial score (nSPS) is 19.2. The molecule has 1 N–H and O–H groups in total. The van der Waals surface area contributed by atoms with Gasteiger partial charge in [-0.15, -0.1) is 11.3 Å². The second-order valence-electron chi connectivity index (χ2n) is 4.56. The van der Waals surface area contributed by atoms with Gasteiger partial charge in [0, 0.05) is 17.5 Å². The van der Waals surface area contributed by atoms with Crippen LogP contribution in [0.4, 0.5) is 0 Å². The highest BCUT2D eigenvalue weighted by atomic mass is 79.9. The van der Waals surface area contributed by atoms with E-state index in [4.69, 9.17) is 4.74 Å². The molecule has 2 atom stereocenters. The topological polar surface area (TPSA) is 21.3 Å². The smallest absolute Gasteiger partial charge is 0.0759 e. The SMILES string of the molecule is CCOC(C1CC1)C(Cc1ccc(Br)s1)NC. The molecule has 0 aromatic carbocycles. The molecule has 17 heavy (non-hydrogen) atoms. The molecule has 1 saturated carbocycles. The molecule has 1 aliphatic rings. The van der Waals surface area contributed by atoms with E-state index < -0.39 is 0 Å². The Balaban J connectivity index is 1.98. The van der Waals surface area contributed by atoms with Crippen LogP contribution in [0.5, 0.6) is 0 Å². The van der Waals surface area contributed by atoms with Crippen molar-refractivity contribution in [2.24, 2.45) is 5.92 Å². The van der Waals surface area contributed by atoms with E-state index in [1.54, 1.807) is 0 Å². The van der Waals surface area contributed by atoms with Crippen molar-refractivity contribution >= 4 is 27.3 Å². The van der Waals surface area contributed by atoms with Crippen LogP contribution in [0.15, 0.2) is 15.9 Å². The van der Waals surface area contributed by atoms with Gasteiger partial charge in [0.1, 0.15) is 0 Å². The van der Waals surface area contributed by atoms with E-state index in [-0.39, 0.29) is 0 Å². The first-order valence-corrected chi connectivity index (χ1v) is 7.88. The fourth-order valence-corrected chi connectivity index (χ4v) is 3.80. The van der Waals surface area contributed by atoms with Crippen LogP contribution >= 0.6 is 27.3 Å². The summed E-state index contributed by atoms with van der Waals surface area (Å²) in [7, 11) is 2.04. The van der Waals surface area contributed by atoms with Crippen molar-refractivity contribution in [3.63, 3.8) is 0 Å². The minimum absolute atomic E-state index is 0.380. The summed E-state index contributed by atoms with van der Waals surface area (Å²) in [4.78, 5) is 1.42. The first-order chi connectivity index (χ1) is 8.24. The Morgan fingerprint density at radius 2 is 2.29 bits per heavy atom. The lowest BCUT2D eigenvalue weighted by Crippen LogP contribution is -2.42. The van der Waals surface area contributed by atoms with E-state index in [2.05, 4.69) is 40.3 Å². The average molecular weight is 318 g/mol.